The zero-order chi connectivity index (χ0) is 18.3. The van der Waals surface area contributed by atoms with Crippen molar-refractivity contribution in [1.29, 1.82) is 0 Å². The van der Waals surface area contributed by atoms with Crippen LogP contribution in [0.3, 0.4) is 0 Å². The Morgan fingerprint density at radius 3 is 2.29 bits per heavy atom. The third kappa shape index (κ3) is 7.97. The van der Waals surface area contributed by atoms with Gasteiger partial charge < -0.3 is 15.2 Å². The minimum Gasteiger partial charge on any atom is -0.480 e. The third-order valence-electron chi connectivity index (χ3n) is 3.02. The lowest BCUT2D eigenvalue weighted by molar-refractivity contribution is -0.139. The quantitative estimate of drug-likeness (QED) is 0.783. The molecular formula is C17H22ClNO5. The fraction of sp³-hybridized carbons (Fsp3) is 0.471. The first kappa shape index (κ1) is 20.0. The minimum absolute atomic E-state index is 0.000991. The highest BCUT2D eigenvalue weighted by Crippen LogP contribution is 2.12. The van der Waals surface area contributed by atoms with Gasteiger partial charge in [0.2, 0.25) is 0 Å². The topological polar surface area (TPSA) is 92.7 Å². The van der Waals surface area contributed by atoms with Gasteiger partial charge in [0, 0.05) is 17.9 Å². The van der Waals surface area contributed by atoms with Crippen molar-refractivity contribution in [2.75, 3.05) is 0 Å². The van der Waals surface area contributed by atoms with E-state index in [9.17, 15) is 14.4 Å². The number of carbonyl (C=O) groups excluding carboxylic acids is 2. The van der Waals surface area contributed by atoms with E-state index in [0.717, 1.165) is 5.56 Å². The van der Waals surface area contributed by atoms with Gasteiger partial charge >= 0.3 is 12.1 Å². The van der Waals surface area contributed by atoms with Gasteiger partial charge in [-0.3, -0.25) is 4.79 Å². The van der Waals surface area contributed by atoms with Gasteiger partial charge in [0.05, 0.1) is 0 Å². The van der Waals surface area contributed by atoms with Gasteiger partial charge in [-0.15, -0.1) is 0 Å². The Morgan fingerprint density at radius 2 is 1.79 bits per heavy atom. The number of ketones is 1. The van der Waals surface area contributed by atoms with Crippen molar-refractivity contribution in [2.45, 2.75) is 51.7 Å². The predicted octanol–water partition coefficient (Wildman–Crippen LogP) is 3.21. The van der Waals surface area contributed by atoms with Crippen molar-refractivity contribution in [1.82, 2.24) is 5.32 Å². The summed E-state index contributed by atoms with van der Waals surface area (Å²) >= 11 is 5.78. The summed E-state index contributed by atoms with van der Waals surface area (Å²) in [5, 5.41) is 12.0. The van der Waals surface area contributed by atoms with Crippen LogP contribution in [0.1, 0.15) is 39.2 Å². The zero-order valence-electron chi connectivity index (χ0n) is 14.0. The van der Waals surface area contributed by atoms with Crippen molar-refractivity contribution in [2.24, 2.45) is 0 Å². The highest BCUT2D eigenvalue weighted by Gasteiger charge is 2.24. The molecule has 1 unspecified atom stereocenters. The number of carbonyl (C=O) groups is 3. The van der Waals surface area contributed by atoms with Crippen molar-refractivity contribution >= 4 is 29.4 Å². The molecule has 0 bridgehead atoms. The number of ether oxygens (including phenoxy) is 1. The van der Waals surface area contributed by atoms with Gasteiger partial charge in [0.15, 0.2) is 0 Å². The van der Waals surface area contributed by atoms with Crippen LogP contribution in [0.15, 0.2) is 24.3 Å². The molecular weight excluding hydrogens is 334 g/mol. The summed E-state index contributed by atoms with van der Waals surface area (Å²) in [7, 11) is 0. The Hall–Kier alpha value is -2.08. The Bertz CT molecular complexity index is 592. The number of hydrogen-bond donors (Lipinski definition) is 2. The number of rotatable bonds is 7. The van der Waals surface area contributed by atoms with Crippen LogP contribution in [0.2, 0.25) is 5.02 Å². The van der Waals surface area contributed by atoms with Gasteiger partial charge in [0.1, 0.15) is 17.4 Å². The van der Waals surface area contributed by atoms with Gasteiger partial charge in [-0.2, -0.15) is 0 Å². The average Bonchev–Trinajstić information content (AvgIpc) is 2.43. The van der Waals surface area contributed by atoms with Crippen LogP contribution in [0.4, 0.5) is 4.79 Å². The van der Waals surface area contributed by atoms with E-state index < -0.39 is 23.7 Å². The molecule has 0 fully saturated rings. The Kier molecular flexibility index (Phi) is 7.22. The van der Waals surface area contributed by atoms with Gasteiger partial charge in [-0.1, -0.05) is 23.7 Å². The summed E-state index contributed by atoms with van der Waals surface area (Å²) in [5.74, 6) is -1.32. The molecule has 1 rings (SSSR count). The molecule has 6 nitrogen and oxygen atoms in total. The lowest BCUT2D eigenvalue weighted by atomic mass is 10.0. The maximum absolute atomic E-state index is 12.0. The van der Waals surface area contributed by atoms with Crippen LogP contribution in [0.25, 0.3) is 0 Å². The lowest BCUT2D eigenvalue weighted by Gasteiger charge is -2.21. The van der Waals surface area contributed by atoms with Crippen LogP contribution >= 0.6 is 11.6 Å². The maximum atomic E-state index is 12.0. The van der Waals surface area contributed by atoms with E-state index in [-0.39, 0.29) is 25.0 Å². The standard InChI is InChI=1S/C17H22ClNO5/c1-17(2,3)24-16(23)19-14(15(21)22)9-8-13(20)10-11-4-6-12(18)7-5-11/h4-7,14H,8-10H2,1-3H3,(H,19,23)(H,21,22). The van der Waals surface area contributed by atoms with E-state index in [1.807, 2.05) is 0 Å². The second kappa shape index (κ2) is 8.68. The molecule has 0 saturated heterocycles. The van der Waals surface area contributed by atoms with E-state index >= 15 is 0 Å². The number of carboxylic acids is 1. The number of nitrogens with one attached hydrogen (secondary N) is 1. The maximum Gasteiger partial charge on any atom is 0.408 e. The predicted molar refractivity (Wildman–Crippen MR) is 90.2 cm³/mol. The number of benzene rings is 1. The van der Waals surface area contributed by atoms with Crippen LogP contribution in [0, 0.1) is 0 Å². The molecule has 0 aliphatic rings. The smallest absolute Gasteiger partial charge is 0.408 e. The Morgan fingerprint density at radius 1 is 1.21 bits per heavy atom. The minimum atomic E-state index is -1.21. The van der Waals surface area contributed by atoms with E-state index in [2.05, 4.69) is 5.32 Å². The van der Waals surface area contributed by atoms with Gasteiger partial charge in [-0.25, -0.2) is 9.59 Å². The molecule has 1 aromatic carbocycles. The first-order valence-corrected chi connectivity index (χ1v) is 7.93. The highest BCUT2D eigenvalue weighted by molar-refractivity contribution is 6.30. The summed E-state index contributed by atoms with van der Waals surface area (Å²) in [6, 6.07) is 5.69. The summed E-state index contributed by atoms with van der Waals surface area (Å²) in [5.41, 5.74) is 0.0775. The van der Waals surface area contributed by atoms with E-state index in [4.69, 9.17) is 21.4 Å². The van der Waals surface area contributed by atoms with Crippen molar-refractivity contribution in [3.8, 4) is 0 Å². The summed E-state index contributed by atoms with van der Waals surface area (Å²) < 4.78 is 5.02. The molecule has 0 aliphatic carbocycles. The Labute approximate surface area is 146 Å². The first-order chi connectivity index (χ1) is 11.1. The number of Topliss-reactive ketones (excluding diaryl/α,β-unsaturated/α-hetero) is 1. The summed E-state index contributed by atoms with van der Waals surface area (Å²) in [6.45, 7) is 5.04. The van der Waals surface area contributed by atoms with E-state index in [1.165, 1.54) is 0 Å². The number of halogens is 1. The molecule has 2 N–H and O–H groups in total. The number of amides is 1. The first-order valence-electron chi connectivity index (χ1n) is 7.55. The van der Waals surface area contributed by atoms with E-state index in [1.54, 1.807) is 45.0 Å². The lowest BCUT2D eigenvalue weighted by Crippen LogP contribution is -2.43. The average molecular weight is 356 g/mol. The normalized spacial score (nSPS) is 12.3. The van der Waals surface area contributed by atoms with Crippen LogP contribution in [-0.4, -0.2) is 34.6 Å². The zero-order valence-corrected chi connectivity index (χ0v) is 14.7. The van der Waals surface area contributed by atoms with E-state index in [0.29, 0.717) is 5.02 Å². The van der Waals surface area contributed by atoms with Crippen LogP contribution in [0.5, 0.6) is 0 Å². The molecule has 24 heavy (non-hydrogen) atoms. The Balaban J connectivity index is 2.50. The molecule has 132 valence electrons. The molecule has 7 heteroatoms. The molecule has 1 amide bonds. The molecule has 1 atom stereocenters. The van der Waals surface area contributed by atoms with Crippen molar-refractivity contribution in [3.63, 3.8) is 0 Å². The van der Waals surface area contributed by atoms with Gasteiger partial charge in [-0.05, 0) is 44.9 Å². The number of alkyl carbamates (subject to hydrolysis) is 1. The third-order valence-corrected chi connectivity index (χ3v) is 3.27. The fourth-order valence-electron chi connectivity index (χ4n) is 1.93. The molecule has 0 heterocycles. The number of aliphatic carboxylic acids is 1. The van der Waals surface area contributed by atoms with Crippen molar-refractivity contribution < 1.29 is 24.2 Å². The molecule has 0 aliphatic heterocycles. The SMILES string of the molecule is CC(C)(C)OC(=O)NC(CCC(=O)Cc1ccc(Cl)cc1)C(=O)O. The van der Waals surface area contributed by atoms with Crippen molar-refractivity contribution in [3.05, 3.63) is 34.9 Å². The monoisotopic (exact) mass is 355 g/mol. The largest absolute Gasteiger partial charge is 0.480 e. The summed E-state index contributed by atoms with van der Waals surface area (Å²) in [4.78, 5) is 34.8. The molecule has 0 saturated carbocycles. The molecule has 0 aromatic heterocycles. The second-order valence-electron chi connectivity index (χ2n) is 6.42. The van der Waals surface area contributed by atoms with Crippen LogP contribution < -0.4 is 5.32 Å². The molecule has 0 radical (unpaired) electrons. The van der Waals surface area contributed by atoms with Gasteiger partial charge in [0.25, 0.3) is 0 Å². The number of carboxylic acid groups (broad SMARTS) is 1. The second-order valence-corrected chi connectivity index (χ2v) is 6.85. The molecule has 1 aromatic rings. The highest BCUT2D eigenvalue weighted by atomic mass is 35.5. The number of hydrogen-bond acceptors (Lipinski definition) is 4. The van der Waals surface area contributed by atoms with Crippen LogP contribution in [-0.2, 0) is 20.7 Å². The molecule has 0 spiro atoms. The fourth-order valence-corrected chi connectivity index (χ4v) is 2.06. The summed E-state index contributed by atoms with van der Waals surface area (Å²) in [6.07, 6.45) is -0.591.